The lowest BCUT2D eigenvalue weighted by Crippen LogP contribution is -2.44. The number of nitrogens with zero attached hydrogens (tertiary/aromatic N) is 1. The van der Waals surface area contributed by atoms with Gasteiger partial charge in [0.15, 0.2) is 6.23 Å². The van der Waals surface area contributed by atoms with Crippen molar-refractivity contribution in [3.8, 4) is 6.07 Å². The van der Waals surface area contributed by atoms with Gasteiger partial charge in [0.25, 0.3) is 0 Å². The highest BCUT2D eigenvalue weighted by molar-refractivity contribution is 6.30. The molecule has 1 fully saturated rings. The van der Waals surface area contributed by atoms with E-state index in [9.17, 15) is 10.1 Å². The van der Waals surface area contributed by atoms with E-state index in [1.807, 2.05) is 30.3 Å². The lowest BCUT2D eigenvalue weighted by atomic mass is 9.64. The van der Waals surface area contributed by atoms with Crippen LogP contribution in [0.5, 0.6) is 0 Å². The first-order valence-electron chi connectivity index (χ1n) is 12.7. The number of rotatable bonds is 8. The van der Waals surface area contributed by atoms with Crippen LogP contribution in [-0.4, -0.2) is 24.9 Å². The van der Waals surface area contributed by atoms with Crippen molar-refractivity contribution in [1.29, 1.82) is 5.26 Å². The van der Waals surface area contributed by atoms with E-state index in [0.29, 0.717) is 28.9 Å². The van der Waals surface area contributed by atoms with Gasteiger partial charge in [-0.2, -0.15) is 5.26 Å². The van der Waals surface area contributed by atoms with E-state index >= 15 is 0 Å². The summed E-state index contributed by atoms with van der Waals surface area (Å²) < 4.78 is 6.02. The highest BCUT2D eigenvalue weighted by Gasteiger charge is 2.59. The summed E-state index contributed by atoms with van der Waals surface area (Å²) in [5.74, 6) is -0.104. The van der Waals surface area contributed by atoms with Crippen LogP contribution >= 0.6 is 23.2 Å². The summed E-state index contributed by atoms with van der Waals surface area (Å²) in [5, 5.41) is 18.5. The zero-order chi connectivity index (χ0) is 26.5. The molecule has 0 saturated carbocycles. The summed E-state index contributed by atoms with van der Waals surface area (Å²) in [6.45, 7) is 11.2. The Hall–Kier alpha value is -2.26. The maximum absolute atomic E-state index is 13.0. The fourth-order valence-corrected chi connectivity index (χ4v) is 5.56. The number of halogens is 2. The molecule has 1 amide bonds. The minimum atomic E-state index is -1.02. The molecule has 0 aliphatic carbocycles. The molecule has 2 aromatic rings. The number of ether oxygens (including phenoxy) is 1. The van der Waals surface area contributed by atoms with E-state index in [-0.39, 0.29) is 11.5 Å². The molecule has 1 saturated heterocycles. The summed E-state index contributed by atoms with van der Waals surface area (Å²) in [7, 11) is 0. The fraction of sp³-hybridized carbons (Fsp3) is 0.517. The van der Waals surface area contributed by atoms with Crippen LogP contribution in [0, 0.1) is 22.7 Å². The lowest BCUT2D eigenvalue weighted by Gasteiger charge is -2.37. The van der Waals surface area contributed by atoms with Gasteiger partial charge in [0.05, 0.1) is 12.0 Å². The number of benzene rings is 2. The molecule has 0 unspecified atom stereocenters. The number of alkyl carbamates (subject to hydrolysis) is 1. The average Bonchev–Trinajstić information content (AvgIpc) is 3.11. The summed E-state index contributed by atoms with van der Waals surface area (Å²) in [5.41, 5.74) is 0.547. The number of amides is 1. The number of nitriles is 1. The molecule has 1 heterocycles. The predicted molar refractivity (Wildman–Crippen MR) is 146 cm³/mol. The van der Waals surface area contributed by atoms with Crippen LogP contribution in [0.3, 0.4) is 0 Å². The maximum atomic E-state index is 13.0. The van der Waals surface area contributed by atoms with Gasteiger partial charge in [-0.15, -0.1) is 0 Å². The van der Waals surface area contributed by atoms with Crippen LogP contribution in [0.1, 0.15) is 70.9 Å². The first kappa shape index (κ1) is 28.3. The molecule has 1 aliphatic heterocycles. The zero-order valence-corrected chi connectivity index (χ0v) is 23.3. The molecule has 0 bridgehead atoms. The smallest absolute Gasteiger partial charge is 0.408 e. The molecule has 36 heavy (non-hydrogen) atoms. The molecular weight excluding hydrogens is 493 g/mol. The topological polar surface area (TPSA) is 74.2 Å². The van der Waals surface area contributed by atoms with Gasteiger partial charge >= 0.3 is 6.09 Å². The number of nitrogens with one attached hydrogen (secondary N) is 2. The molecule has 0 aromatic heterocycles. The molecule has 2 aromatic carbocycles. The minimum Gasteiger partial charge on any atom is -0.430 e. The van der Waals surface area contributed by atoms with Crippen molar-refractivity contribution >= 4 is 29.3 Å². The van der Waals surface area contributed by atoms with E-state index in [2.05, 4.69) is 51.3 Å². The summed E-state index contributed by atoms with van der Waals surface area (Å²) in [6.07, 6.45) is 1.42. The first-order chi connectivity index (χ1) is 17.0. The van der Waals surface area contributed by atoms with Gasteiger partial charge in [0.2, 0.25) is 0 Å². The van der Waals surface area contributed by atoms with Gasteiger partial charge < -0.3 is 10.1 Å². The van der Waals surface area contributed by atoms with Crippen LogP contribution in [0.15, 0.2) is 48.5 Å². The van der Waals surface area contributed by atoms with Gasteiger partial charge in [-0.1, -0.05) is 94.9 Å². The van der Waals surface area contributed by atoms with Crippen LogP contribution in [0.4, 0.5) is 4.79 Å². The standard InChI is InChI=1S/C29H37Cl2N3O2/c1-6-19(7-2)17-33-27(35)36-26-25(20-9-8-10-23(31)15-20)29(18-32,21-11-13-22(30)14-12-21)24(34-26)16-28(3,4)5/h8-15,19,24-26,34H,6-7,16-17H2,1-5H3,(H,33,35)/t24-,25-,26+,29-/m0/s1. The normalized spacial score (nSPS) is 23.9. The van der Waals surface area contributed by atoms with Gasteiger partial charge in [0.1, 0.15) is 5.41 Å². The van der Waals surface area contributed by atoms with Gasteiger partial charge in [0, 0.05) is 22.6 Å². The van der Waals surface area contributed by atoms with Crippen molar-refractivity contribution in [2.45, 2.75) is 77.5 Å². The number of hydrogen-bond acceptors (Lipinski definition) is 4. The van der Waals surface area contributed by atoms with Crippen molar-refractivity contribution in [1.82, 2.24) is 10.6 Å². The molecule has 5 nitrogen and oxygen atoms in total. The number of carbonyl (C=O) groups is 1. The van der Waals surface area contributed by atoms with Crippen molar-refractivity contribution in [2.75, 3.05) is 6.54 Å². The minimum absolute atomic E-state index is 0.0856. The second kappa shape index (κ2) is 11.9. The van der Waals surface area contributed by atoms with Gasteiger partial charge in [-0.3, -0.25) is 5.32 Å². The number of carbonyl (C=O) groups excluding carboxylic acids is 1. The third-order valence-corrected chi connectivity index (χ3v) is 7.65. The average molecular weight is 531 g/mol. The zero-order valence-electron chi connectivity index (χ0n) is 21.8. The van der Waals surface area contributed by atoms with E-state index < -0.39 is 23.7 Å². The highest BCUT2D eigenvalue weighted by atomic mass is 35.5. The monoisotopic (exact) mass is 529 g/mol. The molecule has 7 heteroatoms. The van der Waals surface area contributed by atoms with Crippen LogP contribution < -0.4 is 10.6 Å². The third kappa shape index (κ3) is 6.35. The Kier molecular flexibility index (Phi) is 9.33. The molecule has 2 N–H and O–H groups in total. The van der Waals surface area contributed by atoms with E-state index in [1.54, 1.807) is 18.2 Å². The molecule has 3 rings (SSSR count). The second-order valence-corrected chi connectivity index (χ2v) is 11.8. The van der Waals surface area contributed by atoms with Gasteiger partial charge in [-0.25, -0.2) is 4.79 Å². The molecule has 1 aliphatic rings. The SMILES string of the molecule is CCC(CC)CNC(=O)O[C@H]1N[C@@H](CC(C)(C)C)[C@](C#N)(c2ccc(Cl)cc2)[C@H]1c1cccc(Cl)c1. The number of hydrogen-bond donors (Lipinski definition) is 2. The van der Waals surface area contributed by atoms with E-state index in [4.69, 9.17) is 27.9 Å². The summed E-state index contributed by atoms with van der Waals surface area (Å²) >= 11 is 12.6. The molecule has 4 atom stereocenters. The largest absolute Gasteiger partial charge is 0.430 e. The predicted octanol–water partition coefficient (Wildman–Crippen LogP) is 7.44. The van der Waals surface area contributed by atoms with Crippen LogP contribution in [-0.2, 0) is 10.2 Å². The van der Waals surface area contributed by atoms with Crippen molar-refractivity contribution < 1.29 is 9.53 Å². The Morgan fingerprint density at radius 3 is 2.36 bits per heavy atom. The molecule has 0 spiro atoms. The van der Waals surface area contributed by atoms with Gasteiger partial charge in [-0.05, 0) is 53.1 Å². The molecule has 0 radical (unpaired) electrons. The lowest BCUT2D eigenvalue weighted by molar-refractivity contribution is 0.0735. The summed E-state index contributed by atoms with van der Waals surface area (Å²) in [4.78, 5) is 13.0. The Morgan fingerprint density at radius 2 is 1.81 bits per heavy atom. The Balaban J connectivity index is 2.09. The molecular formula is C29H37Cl2N3O2. The van der Waals surface area contributed by atoms with Crippen LogP contribution in [0.2, 0.25) is 10.0 Å². The maximum Gasteiger partial charge on any atom is 0.408 e. The Morgan fingerprint density at radius 1 is 1.14 bits per heavy atom. The van der Waals surface area contributed by atoms with Crippen molar-refractivity contribution in [2.24, 2.45) is 11.3 Å². The second-order valence-electron chi connectivity index (χ2n) is 10.9. The fourth-order valence-electron chi connectivity index (χ4n) is 5.23. The molecule has 194 valence electrons. The van der Waals surface area contributed by atoms with E-state index in [0.717, 1.165) is 24.0 Å². The quantitative estimate of drug-likeness (QED) is 0.372. The van der Waals surface area contributed by atoms with E-state index in [1.165, 1.54) is 0 Å². The summed E-state index contributed by atoms with van der Waals surface area (Å²) in [6, 6.07) is 17.2. The third-order valence-electron chi connectivity index (χ3n) is 7.16. The highest BCUT2D eigenvalue weighted by Crippen LogP contribution is 2.51. The van der Waals surface area contributed by atoms with Crippen molar-refractivity contribution in [3.63, 3.8) is 0 Å². The van der Waals surface area contributed by atoms with Crippen molar-refractivity contribution in [3.05, 3.63) is 69.7 Å². The Labute approximate surface area is 225 Å². The van der Waals surface area contributed by atoms with Crippen LogP contribution in [0.25, 0.3) is 0 Å². The Bertz CT molecular complexity index is 1070. The first-order valence-corrected chi connectivity index (χ1v) is 13.4.